The Kier molecular flexibility index (Phi) is 8.60. The van der Waals surface area contributed by atoms with E-state index in [-0.39, 0.29) is 23.1 Å². The molecule has 1 heterocycles. The van der Waals surface area contributed by atoms with E-state index in [9.17, 15) is 18.0 Å². The molecule has 33 heavy (non-hydrogen) atoms. The summed E-state index contributed by atoms with van der Waals surface area (Å²) < 4.78 is 28.4. The summed E-state index contributed by atoms with van der Waals surface area (Å²) in [5.41, 5.74) is 1.43. The van der Waals surface area contributed by atoms with Crippen LogP contribution in [0.5, 0.6) is 5.75 Å². The van der Waals surface area contributed by atoms with Gasteiger partial charge in [-0.1, -0.05) is 38.3 Å². The monoisotopic (exact) mass is 473 g/mol. The minimum atomic E-state index is -3.72. The second-order valence-electron chi connectivity index (χ2n) is 8.12. The molecule has 0 aliphatic carbocycles. The van der Waals surface area contributed by atoms with Crippen LogP contribution in [0.15, 0.2) is 53.4 Å². The number of unbranched alkanes of at least 4 members (excludes halogenated alkanes) is 3. The fourth-order valence-corrected chi connectivity index (χ4v) is 4.22. The Balaban J connectivity index is 1.50. The summed E-state index contributed by atoms with van der Waals surface area (Å²) in [4.78, 5) is 26.6. The molecule has 8 nitrogen and oxygen atoms in total. The zero-order valence-electron chi connectivity index (χ0n) is 18.8. The van der Waals surface area contributed by atoms with Crippen LogP contribution in [0.3, 0.4) is 0 Å². The highest BCUT2D eigenvalue weighted by molar-refractivity contribution is 7.89. The molecule has 0 bridgehead atoms. The van der Waals surface area contributed by atoms with E-state index in [1.165, 1.54) is 29.9 Å². The molecule has 0 unspecified atom stereocenters. The number of primary sulfonamides is 1. The number of hydrogen-bond acceptors (Lipinski definition) is 6. The highest BCUT2D eigenvalue weighted by Crippen LogP contribution is 2.25. The van der Waals surface area contributed by atoms with Crippen LogP contribution in [0.4, 0.5) is 5.69 Å². The Bertz CT molecular complexity index is 1050. The maximum absolute atomic E-state index is 12.8. The van der Waals surface area contributed by atoms with Gasteiger partial charge in [0.15, 0.2) is 0 Å². The van der Waals surface area contributed by atoms with E-state index in [1.807, 2.05) is 0 Å². The van der Waals surface area contributed by atoms with Gasteiger partial charge in [0.05, 0.1) is 29.7 Å². The number of rotatable bonds is 12. The number of ether oxygens (including phenoxy) is 1. The van der Waals surface area contributed by atoms with Crippen molar-refractivity contribution in [3.8, 4) is 5.75 Å². The van der Waals surface area contributed by atoms with Gasteiger partial charge in [-0.05, 0) is 61.3 Å². The summed E-state index contributed by atoms with van der Waals surface area (Å²) in [5, 5.41) is 8.23. The molecule has 2 aromatic carbocycles. The van der Waals surface area contributed by atoms with Crippen LogP contribution in [0.1, 0.15) is 44.6 Å². The molecule has 1 atom stereocenters. The lowest BCUT2D eigenvalue weighted by Crippen LogP contribution is -2.39. The number of hydrogen-bond donors (Lipinski definition) is 2. The number of nitrogens with two attached hydrogens (primary N) is 1. The first-order valence-corrected chi connectivity index (χ1v) is 12.8. The van der Waals surface area contributed by atoms with Gasteiger partial charge in [-0.15, -0.1) is 0 Å². The van der Waals surface area contributed by atoms with Crippen LogP contribution in [0.25, 0.3) is 0 Å². The van der Waals surface area contributed by atoms with Gasteiger partial charge in [-0.25, -0.2) is 18.5 Å². The molecule has 9 heteroatoms. The highest BCUT2D eigenvalue weighted by atomic mass is 32.2. The van der Waals surface area contributed by atoms with Crippen LogP contribution in [-0.2, 0) is 26.0 Å². The Hall–Kier alpha value is -2.75. The van der Waals surface area contributed by atoms with Crippen molar-refractivity contribution in [2.45, 2.75) is 56.4 Å². The normalized spacial score (nSPS) is 16.4. The molecular weight excluding hydrogens is 442 g/mol. The van der Waals surface area contributed by atoms with Gasteiger partial charge in [-0.3, -0.25) is 9.59 Å². The number of amides is 2. The number of benzene rings is 2. The third kappa shape index (κ3) is 6.86. The van der Waals surface area contributed by atoms with Crippen molar-refractivity contribution >= 4 is 27.5 Å². The summed E-state index contributed by atoms with van der Waals surface area (Å²) in [6, 6.07) is 12.7. The fourth-order valence-electron chi connectivity index (χ4n) is 3.71. The second kappa shape index (κ2) is 11.4. The Labute approximate surface area is 195 Å². The van der Waals surface area contributed by atoms with E-state index in [4.69, 9.17) is 9.88 Å². The van der Waals surface area contributed by atoms with E-state index >= 15 is 0 Å². The van der Waals surface area contributed by atoms with Crippen LogP contribution in [-0.4, -0.2) is 39.4 Å². The summed E-state index contributed by atoms with van der Waals surface area (Å²) in [6.07, 6.45) is 5.19. The fraction of sp³-hybridized carbons (Fsp3) is 0.417. The molecule has 2 aromatic rings. The van der Waals surface area contributed by atoms with Crippen LogP contribution < -0.4 is 20.1 Å². The zero-order chi connectivity index (χ0) is 23.8. The molecule has 0 radical (unpaired) electrons. The summed E-state index contributed by atoms with van der Waals surface area (Å²) in [6.45, 7) is 3.28. The first-order chi connectivity index (χ1) is 15.8. The molecule has 178 valence electrons. The van der Waals surface area contributed by atoms with Crippen molar-refractivity contribution < 1.29 is 22.7 Å². The molecule has 1 aliphatic heterocycles. The topological polar surface area (TPSA) is 119 Å². The van der Waals surface area contributed by atoms with Crippen LogP contribution in [0, 0.1) is 0 Å². The quantitative estimate of drug-likeness (QED) is 0.361. The number of imide groups is 1. The molecule has 3 N–H and O–H groups in total. The van der Waals surface area contributed by atoms with Gasteiger partial charge in [0.25, 0.3) is 5.91 Å². The second-order valence-corrected chi connectivity index (χ2v) is 9.68. The van der Waals surface area contributed by atoms with Crippen molar-refractivity contribution in [2.75, 3.05) is 18.1 Å². The third-order valence-electron chi connectivity index (χ3n) is 5.56. The van der Waals surface area contributed by atoms with Gasteiger partial charge in [0, 0.05) is 0 Å². The van der Waals surface area contributed by atoms with Crippen LogP contribution in [0.2, 0.25) is 0 Å². The van der Waals surface area contributed by atoms with Gasteiger partial charge < -0.3 is 10.1 Å². The smallest absolute Gasteiger partial charge is 0.251 e. The predicted octanol–water partition coefficient (Wildman–Crippen LogP) is 2.76. The Morgan fingerprint density at radius 2 is 1.73 bits per heavy atom. The average Bonchev–Trinajstić information content (AvgIpc) is 3.07. The number of sulfonamides is 1. The van der Waals surface area contributed by atoms with E-state index < -0.39 is 16.1 Å². The predicted molar refractivity (Wildman–Crippen MR) is 126 cm³/mol. The minimum Gasteiger partial charge on any atom is -0.494 e. The van der Waals surface area contributed by atoms with E-state index in [0.29, 0.717) is 25.3 Å². The molecule has 1 saturated heterocycles. The molecule has 0 aromatic heterocycles. The van der Waals surface area contributed by atoms with Crippen LogP contribution >= 0.6 is 0 Å². The number of nitrogens with one attached hydrogen (secondary N) is 1. The first kappa shape index (κ1) is 24.9. The van der Waals surface area contributed by atoms with E-state index in [1.54, 1.807) is 36.4 Å². The zero-order valence-corrected chi connectivity index (χ0v) is 19.6. The van der Waals surface area contributed by atoms with Crippen molar-refractivity contribution in [1.29, 1.82) is 0 Å². The largest absolute Gasteiger partial charge is 0.494 e. The minimum absolute atomic E-state index is 0.0549. The molecule has 3 rings (SSSR count). The average molecular weight is 474 g/mol. The van der Waals surface area contributed by atoms with E-state index in [0.717, 1.165) is 24.2 Å². The van der Waals surface area contributed by atoms with Crippen molar-refractivity contribution in [1.82, 2.24) is 5.32 Å². The van der Waals surface area contributed by atoms with Crippen molar-refractivity contribution in [3.63, 3.8) is 0 Å². The maximum Gasteiger partial charge on any atom is 0.251 e. The summed E-state index contributed by atoms with van der Waals surface area (Å²) >= 11 is 0. The molecule has 0 spiro atoms. The molecule has 1 fully saturated rings. The van der Waals surface area contributed by atoms with Gasteiger partial charge in [-0.2, -0.15) is 0 Å². The number of carbonyl (C=O) groups is 2. The molecule has 2 amide bonds. The van der Waals surface area contributed by atoms with E-state index in [2.05, 4.69) is 12.2 Å². The summed E-state index contributed by atoms with van der Waals surface area (Å²) in [5.74, 6) is 0.193. The first-order valence-electron chi connectivity index (χ1n) is 11.2. The van der Waals surface area contributed by atoms with Gasteiger partial charge in [0.2, 0.25) is 15.9 Å². The molecular formula is C24H31N3O5S. The number of anilines is 1. The maximum atomic E-state index is 12.8. The number of carbonyl (C=O) groups excluding carboxylic acids is 2. The number of nitrogens with zero attached hydrogens (tertiary/aromatic N) is 1. The highest BCUT2D eigenvalue weighted by Gasteiger charge is 2.39. The lowest BCUT2D eigenvalue weighted by Gasteiger charge is -2.16. The third-order valence-corrected chi connectivity index (χ3v) is 6.49. The Morgan fingerprint density at radius 3 is 2.36 bits per heavy atom. The SMILES string of the molecule is CCCCCCOc1ccc(N2C(=O)C[C@@H](NCCc3ccc(S(N)(=O)=O)cc3)C2=O)cc1. The standard InChI is InChI=1S/C24H31N3O5S/c1-2-3-4-5-16-32-20-10-8-19(9-11-20)27-23(28)17-22(24(27)29)26-15-14-18-6-12-21(13-7-18)33(25,30)31/h6-13,22,26H,2-5,14-17H2,1H3,(H2,25,30,31)/t22-/m1/s1. The molecule has 1 aliphatic rings. The van der Waals surface area contributed by atoms with Crippen molar-refractivity contribution in [2.24, 2.45) is 5.14 Å². The van der Waals surface area contributed by atoms with Gasteiger partial charge in [0.1, 0.15) is 5.75 Å². The lowest BCUT2D eigenvalue weighted by molar-refractivity contribution is -0.121. The lowest BCUT2D eigenvalue weighted by atomic mass is 10.1. The Morgan fingerprint density at radius 1 is 1.03 bits per heavy atom. The molecule has 0 saturated carbocycles. The summed E-state index contributed by atoms with van der Waals surface area (Å²) in [7, 11) is -3.72. The van der Waals surface area contributed by atoms with Gasteiger partial charge >= 0.3 is 0 Å². The van der Waals surface area contributed by atoms with Crippen molar-refractivity contribution in [3.05, 3.63) is 54.1 Å².